The van der Waals surface area contributed by atoms with Crippen LogP contribution in [0.25, 0.3) is 11.1 Å². The molecule has 1 heteroatoms. The fraction of sp³-hybridized carbons (Fsp3) is 0.385. The van der Waals surface area contributed by atoms with E-state index in [1.807, 2.05) is 0 Å². The summed E-state index contributed by atoms with van der Waals surface area (Å²) in [6.07, 6.45) is 12.9. The van der Waals surface area contributed by atoms with Crippen LogP contribution in [-0.4, -0.2) is 0 Å². The minimum Gasteiger partial charge on any atom is -0.310 e. The third-order valence-corrected chi connectivity index (χ3v) is 9.01. The zero-order chi connectivity index (χ0) is 28.0. The smallest absolute Gasteiger partial charge is 0.0465 e. The fourth-order valence-corrected chi connectivity index (χ4v) is 6.79. The van der Waals surface area contributed by atoms with Crippen LogP contribution < -0.4 is 4.90 Å². The van der Waals surface area contributed by atoms with E-state index in [1.54, 1.807) is 11.1 Å². The molecule has 208 valence electrons. The molecule has 0 heterocycles. The lowest BCUT2D eigenvalue weighted by Crippen LogP contribution is -2.26. The first-order valence-electron chi connectivity index (χ1n) is 15.8. The number of aryl methyl sites for hydroxylation is 2. The van der Waals surface area contributed by atoms with Crippen LogP contribution in [0.1, 0.15) is 100 Å². The van der Waals surface area contributed by atoms with Gasteiger partial charge in [0.25, 0.3) is 0 Å². The minimum absolute atomic E-state index is 0.0929. The topological polar surface area (TPSA) is 3.24 Å². The monoisotopic (exact) mass is 529 g/mol. The van der Waals surface area contributed by atoms with Gasteiger partial charge in [0.2, 0.25) is 0 Å². The number of anilines is 3. The maximum atomic E-state index is 2.55. The van der Waals surface area contributed by atoms with Gasteiger partial charge >= 0.3 is 0 Å². The summed E-state index contributed by atoms with van der Waals surface area (Å²) in [5.41, 5.74) is 12.3. The largest absolute Gasteiger partial charge is 0.310 e. The molecule has 1 aliphatic carbocycles. The number of hydrogen-bond donors (Lipinski definition) is 0. The van der Waals surface area contributed by atoms with E-state index in [0.29, 0.717) is 0 Å². The third kappa shape index (κ3) is 5.75. The number of hydrogen-bond acceptors (Lipinski definition) is 1. The first-order chi connectivity index (χ1) is 19.6. The van der Waals surface area contributed by atoms with E-state index < -0.39 is 0 Å². The van der Waals surface area contributed by atoms with Crippen molar-refractivity contribution in [3.63, 3.8) is 0 Å². The van der Waals surface area contributed by atoms with Gasteiger partial charge in [-0.25, -0.2) is 0 Å². The second-order valence-electron chi connectivity index (χ2n) is 12.0. The van der Waals surface area contributed by atoms with Gasteiger partial charge in [0.1, 0.15) is 0 Å². The zero-order valence-corrected chi connectivity index (χ0v) is 25.2. The van der Waals surface area contributed by atoms with Gasteiger partial charge in [-0.15, -0.1) is 0 Å². The molecule has 0 N–H and O–H groups in total. The Bertz CT molecular complexity index is 1320. The van der Waals surface area contributed by atoms with E-state index >= 15 is 0 Å². The highest BCUT2D eigenvalue weighted by atomic mass is 15.1. The molecule has 0 atom stereocenters. The lowest BCUT2D eigenvalue weighted by molar-refractivity contribution is 0.401. The molecule has 1 aliphatic rings. The molecule has 0 unspecified atom stereocenters. The lowest BCUT2D eigenvalue weighted by Gasteiger charge is -2.34. The number of fused-ring (bicyclic) bond motifs is 3. The van der Waals surface area contributed by atoms with E-state index in [2.05, 4.69) is 124 Å². The van der Waals surface area contributed by atoms with Crippen LogP contribution in [0.5, 0.6) is 0 Å². The predicted molar refractivity (Wildman–Crippen MR) is 174 cm³/mol. The highest BCUT2D eigenvalue weighted by Crippen LogP contribution is 2.55. The Hall–Kier alpha value is -3.32. The normalized spacial score (nSPS) is 13.2. The summed E-state index contributed by atoms with van der Waals surface area (Å²) in [7, 11) is 0. The Kier molecular flexibility index (Phi) is 9.10. The van der Waals surface area contributed by atoms with Crippen molar-refractivity contribution < 1.29 is 0 Å². The minimum atomic E-state index is 0.0929. The number of nitrogens with zero attached hydrogens (tertiary/aromatic N) is 1. The molecule has 0 spiro atoms. The van der Waals surface area contributed by atoms with Gasteiger partial charge in [0.15, 0.2) is 0 Å². The Balaban J connectivity index is 1.64. The number of benzene rings is 4. The van der Waals surface area contributed by atoms with Crippen molar-refractivity contribution in [2.45, 2.75) is 97.3 Å². The van der Waals surface area contributed by atoms with Crippen LogP contribution >= 0.6 is 0 Å². The average Bonchev–Trinajstić information content (AvgIpc) is 3.25. The fourth-order valence-electron chi connectivity index (χ4n) is 6.79. The van der Waals surface area contributed by atoms with Crippen LogP contribution in [0.15, 0.2) is 91.0 Å². The predicted octanol–water partition coefficient (Wildman–Crippen LogP) is 12.0. The standard InChI is InChI=1S/C39H47N/c1-5-7-9-13-27-39(28-14-10-8-6-2)37-16-12-11-15-35(37)36-26-25-34(29-38(36)39)40(32-21-17-30(3)18-22-32)33-23-19-31(4)20-24-33/h11-12,15-26,29H,5-10,13-14,27-28H2,1-4H3. The van der Waals surface area contributed by atoms with E-state index in [9.17, 15) is 0 Å². The third-order valence-electron chi connectivity index (χ3n) is 9.01. The van der Waals surface area contributed by atoms with Crippen LogP contribution in [0, 0.1) is 13.8 Å². The molecule has 4 aromatic rings. The van der Waals surface area contributed by atoms with Crippen LogP contribution in [0.3, 0.4) is 0 Å². The Labute approximate surface area is 243 Å². The maximum Gasteiger partial charge on any atom is 0.0465 e. The highest BCUT2D eigenvalue weighted by molar-refractivity contribution is 5.85. The molecule has 0 amide bonds. The molecule has 40 heavy (non-hydrogen) atoms. The molecule has 1 nitrogen and oxygen atoms in total. The average molecular weight is 530 g/mol. The van der Waals surface area contributed by atoms with Crippen LogP contribution in [-0.2, 0) is 5.41 Å². The Morgan fingerprint density at radius 1 is 0.500 bits per heavy atom. The summed E-state index contributed by atoms with van der Waals surface area (Å²) in [6.45, 7) is 8.96. The molecule has 0 bridgehead atoms. The molecular weight excluding hydrogens is 482 g/mol. The van der Waals surface area contributed by atoms with E-state index in [-0.39, 0.29) is 5.41 Å². The van der Waals surface area contributed by atoms with Gasteiger partial charge < -0.3 is 4.90 Å². The Morgan fingerprint density at radius 3 is 1.55 bits per heavy atom. The Morgan fingerprint density at radius 2 is 1.00 bits per heavy atom. The number of rotatable bonds is 13. The van der Waals surface area contributed by atoms with Gasteiger partial charge in [-0.1, -0.05) is 131 Å². The highest BCUT2D eigenvalue weighted by Gasteiger charge is 2.42. The molecule has 4 aromatic carbocycles. The summed E-state index contributed by atoms with van der Waals surface area (Å²) in [6, 6.07) is 34.6. The van der Waals surface area contributed by atoms with Crippen LogP contribution in [0.4, 0.5) is 17.1 Å². The van der Waals surface area contributed by atoms with Crippen molar-refractivity contribution >= 4 is 17.1 Å². The van der Waals surface area contributed by atoms with Crippen molar-refractivity contribution in [1.82, 2.24) is 0 Å². The summed E-state index contributed by atoms with van der Waals surface area (Å²) < 4.78 is 0. The molecule has 0 aromatic heterocycles. The van der Waals surface area contributed by atoms with Crippen molar-refractivity contribution in [2.24, 2.45) is 0 Å². The molecule has 0 saturated carbocycles. The molecule has 0 radical (unpaired) electrons. The zero-order valence-electron chi connectivity index (χ0n) is 25.2. The maximum absolute atomic E-state index is 2.55. The molecule has 0 aliphatic heterocycles. The number of unbranched alkanes of at least 4 members (excludes halogenated alkanes) is 6. The second kappa shape index (κ2) is 12.9. The van der Waals surface area contributed by atoms with Crippen molar-refractivity contribution in [2.75, 3.05) is 4.90 Å². The molecule has 0 fully saturated rings. The second-order valence-corrected chi connectivity index (χ2v) is 12.0. The van der Waals surface area contributed by atoms with Gasteiger partial charge in [0, 0.05) is 22.5 Å². The first-order valence-corrected chi connectivity index (χ1v) is 15.8. The van der Waals surface area contributed by atoms with Gasteiger partial charge in [-0.05, 0) is 85.3 Å². The van der Waals surface area contributed by atoms with E-state index in [1.165, 1.54) is 104 Å². The van der Waals surface area contributed by atoms with E-state index in [0.717, 1.165) is 0 Å². The summed E-state index contributed by atoms with van der Waals surface area (Å²) in [5.74, 6) is 0. The summed E-state index contributed by atoms with van der Waals surface area (Å²) in [5, 5.41) is 0. The van der Waals surface area contributed by atoms with Crippen LogP contribution in [0.2, 0.25) is 0 Å². The molecular formula is C39H47N. The van der Waals surface area contributed by atoms with Gasteiger partial charge in [-0.2, -0.15) is 0 Å². The summed E-state index contributed by atoms with van der Waals surface area (Å²) in [4.78, 5) is 2.45. The van der Waals surface area contributed by atoms with Gasteiger partial charge in [0.05, 0.1) is 0 Å². The lowest BCUT2D eigenvalue weighted by atomic mass is 9.70. The summed E-state index contributed by atoms with van der Waals surface area (Å²) >= 11 is 0. The van der Waals surface area contributed by atoms with E-state index in [4.69, 9.17) is 0 Å². The van der Waals surface area contributed by atoms with Crippen molar-refractivity contribution in [3.05, 3.63) is 113 Å². The first kappa shape index (κ1) is 28.2. The molecule has 0 saturated heterocycles. The van der Waals surface area contributed by atoms with Gasteiger partial charge in [-0.3, -0.25) is 0 Å². The SMILES string of the molecule is CCCCCCC1(CCCCCC)c2ccccc2-c2ccc(N(c3ccc(C)cc3)c3ccc(C)cc3)cc21. The van der Waals surface area contributed by atoms with Crippen molar-refractivity contribution in [3.8, 4) is 11.1 Å². The van der Waals surface area contributed by atoms with Crippen molar-refractivity contribution in [1.29, 1.82) is 0 Å². The quantitative estimate of drug-likeness (QED) is 0.156. The molecule has 5 rings (SSSR count).